The van der Waals surface area contributed by atoms with E-state index >= 15 is 0 Å². The van der Waals surface area contributed by atoms with Gasteiger partial charge in [0, 0.05) is 44.1 Å². The van der Waals surface area contributed by atoms with Crippen LogP contribution in [-0.4, -0.2) is 15.1 Å². The largest absolute Gasteiger partial charge is 0.569 e. The normalized spacial score (nSPS) is 9.86. The number of pyridine rings is 2. The number of hydrogen-bond acceptors (Lipinski definition) is 3. The van der Waals surface area contributed by atoms with Crippen LogP contribution in [0.1, 0.15) is 0 Å². The molecule has 4 rings (SSSR count). The summed E-state index contributed by atoms with van der Waals surface area (Å²) in [5, 5.41) is 6.28. The second-order valence-electron chi connectivity index (χ2n) is 5.12. The number of rotatable bonds is 2. The van der Waals surface area contributed by atoms with Crippen LogP contribution >= 0.6 is 0 Å². The Morgan fingerprint density at radius 2 is 1.50 bits per heavy atom. The van der Waals surface area contributed by atoms with Crippen molar-refractivity contribution in [3.05, 3.63) is 90.4 Å². The fraction of sp³-hybridized carbons (Fsp3) is 0. The Hall–Kier alpha value is -2.90. The predicted octanol–water partition coefficient (Wildman–Crippen LogP) is 4.20. The van der Waals surface area contributed by atoms with E-state index in [4.69, 9.17) is 0 Å². The zero-order valence-corrected chi connectivity index (χ0v) is 16.3. The molecule has 0 saturated carbocycles. The van der Waals surface area contributed by atoms with Crippen LogP contribution in [0.2, 0.25) is 0 Å². The maximum Gasteiger partial charge on any atom is 0.229 e. The quantitative estimate of drug-likeness (QED) is 0.272. The summed E-state index contributed by atoms with van der Waals surface area (Å²) in [7, 11) is 0. The summed E-state index contributed by atoms with van der Waals surface area (Å²) in [4.78, 5) is 7.76. The van der Waals surface area contributed by atoms with Gasteiger partial charge in [0.2, 0.25) is 5.95 Å². The van der Waals surface area contributed by atoms with Crippen LogP contribution in [0.25, 0.3) is 22.6 Å². The molecule has 0 aliphatic carbocycles. The Labute approximate surface area is 171 Å². The first-order valence-corrected chi connectivity index (χ1v) is 7.60. The molecule has 0 spiro atoms. The molecule has 4 aromatic rings. The summed E-state index contributed by atoms with van der Waals surface area (Å²) >= 11 is 0. The average Bonchev–Trinajstić information content (AvgIpc) is 3.02. The van der Waals surface area contributed by atoms with Gasteiger partial charge in [0.25, 0.3) is 0 Å². The van der Waals surface area contributed by atoms with Crippen molar-refractivity contribution in [2.24, 2.45) is 0 Å². The third-order valence-electron chi connectivity index (χ3n) is 3.31. The molecule has 0 aliphatic rings. The first-order valence-electron chi connectivity index (χ1n) is 7.60. The molecule has 1 aromatic carbocycles. The first-order chi connectivity index (χ1) is 13.1. The van der Waals surface area contributed by atoms with Gasteiger partial charge >= 0.3 is 0 Å². The van der Waals surface area contributed by atoms with Crippen molar-refractivity contribution in [1.29, 1.82) is 0 Å². The van der Waals surface area contributed by atoms with Crippen LogP contribution in [0.5, 0.6) is 0 Å². The van der Waals surface area contributed by atoms with Crippen LogP contribution in [-0.2, 0) is 20.1 Å². The van der Waals surface area contributed by atoms with Crippen molar-refractivity contribution in [3.63, 3.8) is 0 Å². The van der Waals surface area contributed by atoms with E-state index in [9.17, 15) is 17.6 Å². The van der Waals surface area contributed by atoms with Gasteiger partial charge in [-0.05, 0) is 23.9 Å². The molecule has 0 fully saturated rings. The van der Waals surface area contributed by atoms with Crippen LogP contribution in [0, 0.1) is 29.5 Å². The molecule has 1 radical (unpaired) electrons. The number of halogens is 4. The number of aromatic nitrogens is 4. The van der Waals surface area contributed by atoms with E-state index in [0.717, 1.165) is 12.1 Å². The second kappa shape index (κ2) is 9.87. The van der Waals surface area contributed by atoms with Crippen molar-refractivity contribution in [2.45, 2.75) is 0 Å². The zero-order valence-electron chi connectivity index (χ0n) is 13.9. The molecule has 0 saturated heterocycles. The Morgan fingerprint density at radius 1 is 0.857 bits per heavy atom. The van der Waals surface area contributed by atoms with E-state index in [0.29, 0.717) is 5.69 Å². The molecule has 3 heterocycles. The smallest absolute Gasteiger partial charge is 0.229 e. The van der Waals surface area contributed by atoms with Crippen molar-refractivity contribution < 1.29 is 37.7 Å². The van der Waals surface area contributed by atoms with Gasteiger partial charge < -0.3 is 15.2 Å². The second-order valence-corrected chi connectivity index (χ2v) is 5.12. The number of benzene rings is 1. The molecule has 145 valence electrons. The predicted molar refractivity (Wildman–Crippen MR) is 89.1 cm³/mol. The third-order valence-corrected chi connectivity index (χ3v) is 3.31. The van der Waals surface area contributed by atoms with Crippen molar-refractivity contribution >= 4 is 0 Å². The molecule has 28 heavy (non-hydrogen) atoms. The molecule has 3 aromatic heterocycles. The Balaban J connectivity index is 0.000000194. The topological polar surface area (TPSA) is 52.8 Å². The molecule has 0 amide bonds. The van der Waals surface area contributed by atoms with Crippen molar-refractivity contribution in [1.82, 2.24) is 20.2 Å². The molecular weight excluding hydrogens is 552 g/mol. The van der Waals surface area contributed by atoms with E-state index in [2.05, 4.69) is 26.2 Å². The maximum absolute atomic E-state index is 13.2. The Morgan fingerprint density at radius 3 is 2.00 bits per heavy atom. The van der Waals surface area contributed by atoms with Gasteiger partial charge in [-0.15, -0.1) is 12.1 Å². The van der Waals surface area contributed by atoms with E-state index in [1.54, 1.807) is 36.5 Å². The first kappa shape index (κ1) is 21.4. The van der Waals surface area contributed by atoms with E-state index in [1.807, 2.05) is 0 Å². The molecule has 4 nitrogen and oxygen atoms in total. The maximum atomic E-state index is 13.2. The number of nitrogens with zero attached hydrogens (tertiary/aromatic N) is 4. The molecule has 9 heteroatoms. The van der Waals surface area contributed by atoms with Crippen molar-refractivity contribution in [3.8, 4) is 22.6 Å². The summed E-state index contributed by atoms with van der Waals surface area (Å²) < 4.78 is 51.2. The van der Waals surface area contributed by atoms with Crippen LogP contribution in [0.4, 0.5) is 17.6 Å². The van der Waals surface area contributed by atoms with Gasteiger partial charge in [0.05, 0.1) is 5.69 Å². The van der Waals surface area contributed by atoms with Crippen LogP contribution < -0.4 is 5.10 Å². The van der Waals surface area contributed by atoms with Gasteiger partial charge in [-0.2, -0.15) is 4.39 Å². The summed E-state index contributed by atoms with van der Waals surface area (Å²) in [6, 6.07) is 14.4. The van der Waals surface area contributed by atoms with Crippen molar-refractivity contribution in [2.75, 3.05) is 0 Å². The van der Waals surface area contributed by atoms with Gasteiger partial charge in [0.15, 0.2) is 5.82 Å². The van der Waals surface area contributed by atoms with Crippen LogP contribution in [0.15, 0.2) is 60.9 Å². The standard InChI is InChI=1S/C11H6F2N.C8H4F2N3.Ir/c12-8-4-5-9(10(13)7-8)11-3-1-2-6-14-11;9-6-7(12-13-8(6)10)5-3-1-2-4-11-5;/h1-4,6-7H;1-4H;/q2*-1;. The molecule has 0 unspecified atom stereocenters. The minimum absolute atomic E-state index is 0. The Kier molecular flexibility index (Phi) is 7.54. The van der Waals surface area contributed by atoms with Gasteiger partial charge in [-0.1, -0.05) is 35.5 Å². The van der Waals surface area contributed by atoms with E-state index in [-0.39, 0.29) is 37.1 Å². The molecular formula is C19H10F4IrN4-2. The monoisotopic (exact) mass is 563 g/mol. The SMILES string of the molecule is Fc1c[c-]c(-c2ccccn2)c(F)c1.Fc1n[n-]c(-c2ccccn2)c1F.[Ir]. The van der Waals surface area contributed by atoms with Gasteiger partial charge in [0.1, 0.15) is 0 Å². The molecule has 0 atom stereocenters. The Bertz CT molecular complexity index is 1030. The number of hydrogen-bond donors (Lipinski definition) is 0. The minimum Gasteiger partial charge on any atom is -0.569 e. The van der Waals surface area contributed by atoms with E-state index in [1.165, 1.54) is 12.3 Å². The van der Waals surface area contributed by atoms with Gasteiger partial charge in [-0.3, -0.25) is 13.8 Å². The van der Waals surface area contributed by atoms with Crippen LogP contribution in [0.3, 0.4) is 0 Å². The summed E-state index contributed by atoms with van der Waals surface area (Å²) in [5.74, 6) is -3.54. The summed E-state index contributed by atoms with van der Waals surface area (Å²) in [5.41, 5.74) is 0.756. The average molecular weight is 563 g/mol. The summed E-state index contributed by atoms with van der Waals surface area (Å²) in [6.45, 7) is 0. The molecule has 0 N–H and O–H groups in total. The minimum atomic E-state index is -1.19. The van der Waals surface area contributed by atoms with E-state index < -0.39 is 23.4 Å². The fourth-order valence-electron chi connectivity index (χ4n) is 2.10. The molecule has 0 bridgehead atoms. The third kappa shape index (κ3) is 5.09. The zero-order chi connectivity index (χ0) is 19.2. The van der Waals surface area contributed by atoms with Gasteiger partial charge in [-0.25, -0.2) is 4.39 Å². The molecule has 0 aliphatic heterocycles. The summed E-state index contributed by atoms with van der Waals surface area (Å²) in [6.07, 6.45) is 3.02. The fourth-order valence-corrected chi connectivity index (χ4v) is 2.10.